The molecular formula is C13H25NO2. The Morgan fingerprint density at radius 1 is 1.44 bits per heavy atom. The van der Waals surface area contributed by atoms with Gasteiger partial charge >= 0.3 is 0 Å². The van der Waals surface area contributed by atoms with E-state index in [4.69, 9.17) is 9.47 Å². The monoisotopic (exact) mass is 227 g/mol. The predicted octanol–water partition coefficient (Wildman–Crippen LogP) is 1.82. The summed E-state index contributed by atoms with van der Waals surface area (Å²) >= 11 is 0. The van der Waals surface area contributed by atoms with Gasteiger partial charge in [-0.3, -0.25) is 0 Å². The van der Waals surface area contributed by atoms with Crippen molar-refractivity contribution in [2.75, 3.05) is 26.9 Å². The van der Waals surface area contributed by atoms with E-state index in [2.05, 4.69) is 19.2 Å². The summed E-state index contributed by atoms with van der Waals surface area (Å²) in [7, 11) is 1.80. The van der Waals surface area contributed by atoms with Crippen LogP contribution in [0.25, 0.3) is 0 Å². The van der Waals surface area contributed by atoms with Crippen molar-refractivity contribution in [1.82, 2.24) is 5.32 Å². The van der Waals surface area contributed by atoms with E-state index in [1.807, 2.05) is 0 Å². The van der Waals surface area contributed by atoms with Crippen molar-refractivity contribution in [3.05, 3.63) is 0 Å². The average molecular weight is 227 g/mol. The van der Waals surface area contributed by atoms with E-state index in [1.54, 1.807) is 7.11 Å². The summed E-state index contributed by atoms with van der Waals surface area (Å²) in [4.78, 5) is 0. The number of methoxy groups -OCH3 is 1. The Labute approximate surface area is 98.9 Å². The number of rotatable bonds is 6. The molecule has 2 fully saturated rings. The summed E-state index contributed by atoms with van der Waals surface area (Å²) in [6.07, 6.45) is 4.26. The molecule has 1 N–H and O–H groups in total. The Hall–Kier alpha value is -0.120. The molecule has 1 aliphatic heterocycles. The maximum Gasteiger partial charge on any atom is 0.0694 e. The standard InChI is InChI=1S/C13H25NO2/c1-10(2)14-8-13(9-15-3)6-7-16-12(13)11-4-5-11/h10-12,14H,4-9H2,1-3H3. The molecule has 1 aliphatic carbocycles. The molecule has 0 aromatic rings. The minimum atomic E-state index is 0.222. The number of ether oxygens (including phenoxy) is 2. The fourth-order valence-electron chi connectivity index (χ4n) is 2.83. The van der Waals surface area contributed by atoms with Crippen LogP contribution >= 0.6 is 0 Å². The van der Waals surface area contributed by atoms with Gasteiger partial charge in [-0.25, -0.2) is 0 Å². The van der Waals surface area contributed by atoms with Crippen LogP contribution in [-0.4, -0.2) is 39.0 Å². The second kappa shape index (κ2) is 5.03. The minimum Gasteiger partial charge on any atom is -0.384 e. The third-order valence-corrected chi connectivity index (χ3v) is 3.85. The molecule has 16 heavy (non-hydrogen) atoms. The zero-order valence-electron chi connectivity index (χ0n) is 10.8. The molecule has 1 heterocycles. The highest BCUT2D eigenvalue weighted by atomic mass is 16.5. The van der Waals surface area contributed by atoms with E-state index < -0.39 is 0 Å². The van der Waals surface area contributed by atoms with Gasteiger partial charge in [0.05, 0.1) is 12.7 Å². The van der Waals surface area contributed by atoms with Crippen LogP contribution < -0.4 is 5.32 Å². The Bertz CT molecular complexity index is 228. The first kappa shape index (κ1) is 12.3. The zero-order chi connectivity index (χ0) is 11.6. The molecule has 94 valence electrons. The molecule has 2 rings (SSSR count). The van der Waals surface area contributed by atoms with Crippen molar-refractivity contribution < 1.29 is 9.47 Å². The molecule has 3 heteroatoms. The second-order valence-electron chi connectivity index (χ2n) is 5.71. The Morgan fingerprint density at radius 2 is 2.19 bits per heavy atom. The molecule has 0 amide bonds. The van der Waals surface area contributed by atoms with Crippen LogP contribution in [0.4, 0.5) is 0 Å². The SMILES string of the molecule is COCC1(CNC(C)C)CCOC1C1CC1. The molecular weight excluding hydrogens is 202 g/mol. The fraction of sp³-hybridized carbons (Fsp3) is 1.00. The van der Waals surface area contributed by atoms with Crippen LogP contribution in [-0.2, 0) is 9.47 Å². The molecule has 2 aliphatic rings. The number of hydrogen-bond donors (Lipinski definition) is 1. The summed E-state index contributed by atoms with van der Waals surface area (Å²) in [6.45, 7) is 7.16. The maximum atomic E-state index is 5.96. The summed E-state index contributed by atoms with van der Waals surface area (Å²) in [5.74, 6) is 0.798. The van der Waals surface area contributed by atoms with E-state index in [0.29, 0.717) is 12.1 Å². The van der Waals surface area contributed by atoms with Gasteiger partial charge in [0.25, 0.3) is 0 Å². The van der Waals surface area contributed by atoms with Crippen molar-refractivity contribution in [3.63, 3.8) is 0 Å². The molecule has 0 bridgehead atoms. The summed E-state index contributed by atoms with van der Waals surface area (Å²) in [6, 6.07) is 0.536. The van der Waals surface area contributed by atoms with Gasteiger partial charge in [0.2, 0.25) is 0 Å². The van der Waals surface area contributed by atoms with Gasteiger partial charge in [0.15, 0.2) is 0 Å². The topological polar surface area (TPSA) is 30.5 Å². The lowest BCUT2D eigenvalue weighted by Gasteiger charge is -2.34. The van der Waals surface area contributed by atoms with Gasteiger partial charge < -0.3 is 14.8 Å². The first-order valence-electron chi connectivity index (χ1n) is 6.52. The van der Waals surface area contributed by atoms with Gasteiger partial charge in [-0.2, -0.15) is 0 Å². The van der Waals surface area contributed by atoms with Crippen LogP contribution in [0.5, 0.6) is 0 Å². The summed E-state index contributed by atoms with van der Waals surface area (Å²) in [5, 5.41) is 3.57. The molecule has 0 aromatic heterocycles. The second-order valence-corrected chi connectivity index (χ2v) is 5.71. The third kappa shape index (κ3) is 2.58. The van der Waals surface area contributed by atoms with Gasteiger partial charge in [-0.1, -0.05) is 13.8 Å². The van der Waals surface area contributed by atoms with Gasteiger partial charge in [0, 0.05) is 31.7 Å². The molecule has 0 radical (unpaired) electrons. The van der Waals surface area contributed by atoms with Crippen LogP contribution in [0.2, 0.25) is 0 Å². The first-order chi connectivity index (χ1) is 7.68. The van der Waals surface area contributed by atoms with Gasteiger partial charge in [-0.05, 0) is 25.2 Å². The molecule has 1 saturated heterocycles. The lowest BCUT2D eigenvalue weighted by atomic mass is 9.79. The summed E-state index contributed by atoms with van der Waals surface area (Å²) < 4.78 is 11.4. The predicted molar refractivity (Wildman–Crippen MR) is 64.5 cm³/mol. The van der Waals surface area contributed by atoms with E-state index >= 15 is 0 Å². The molecule has 3 nitrogen and oxygen atoms in total. The maximum absolute atomic E-state index is 5.96. The van der Waals surface area contributed by atoms with Crippen LogP contribution in [0.15, 0.2) is 0 Å². The van der Waals surface area contributed by atoms with Gasteiger partial charge in [-0.15, -0.1) is 0 Å². The smallest absolute Gasteiger partial charge is 0.0694 e. The minimum absolute atomic E-state index is 0.222. The highest BCUT2D eigenvalue weighted by Crippen LogP contribution is 2.47. The van der Waals surface area contributed by atoms with E-state index in [0.717, 1.165) is 32.1 Å². The summed E-state index contributed by atoms with van der Waals surface area (Å²) in [5.41, 5.74) is 0.222. The third-order valence-electron chi connectivity index (χ3n) is 3.85. The lowest BCUT2D eigenvalue weighted by Crippen LogP contribution is -2.46. The molecule has 2 unspecified atom stereocenters. The van der Waals surface area contributed by atoms with Crippen molar-refractivity contribution in [1.29, 1.82) is 0 Å². The highest BCUT2D eigenvalue weighted by Gasteiger charge is 2.50. The van der Waals surface area contributed by atoms with E-state index in [9.17, 15) is 0 Å². The Morgan fingerprint density at radius 3 is 2.75 bits per heavy atom. The Kier molecular flexibility index (Phi) is 3.88. The Balaban J connectivity index is 2.00. The van der Waals surface area contributed by atoms with Crippen LogP contribution in [0.3, 0.4) is 0 Å². The first-order valence-corrected chi connectivity index (χ1v) is 6.52. The van der Waals surface area contributed by atoms with Crippen LogP contribution in [0, 0.1) is 11.3 Å². The molecule has 1 saturated carbocycles. The number of hydrogen-bond acceptors (Lipinski definition) is 3. The molecule has 0 aromatic carbocycles. The molecule has 2 atom stereocenters. The van der Waals surface area contributed by atoms with Crippen molar-refractivity contribution in [2.24, 2.45) is 11.3 Å². The van der Waals surface area contributed by atoms with Gasteiger partial charge in [0.1, 0.15) is 0 Å². The largest absolute Gasteiger partial charge is 0.384 e. The highest BCUT2D eigenvalue weighted by molar-refractivity contribution is 5.00. The van der Waals surface area contributed by atoms with E-state index in [-0.39, 0.29) is 5.41 Å². The normalized spacial score (nSPS) is 34.9. The van der Waals surface area contributed by atoms with Crippen LogP contribution in [0.1, 0.15) is 33.1 Å². The number of nitrogens with one attached hydrogen (secondary N) is 1. The molecule has 0 spiro atoms. The van der Waals surface area contributed by atoms with Crippen molar-refractivity contribution in [2.45, 2.75) is 45.3 Å². The van der Waals surface area contributed by atoms with Crippen molar-refractivity contribution in [3.8, 4) is 0 Å². The van der Waals surface area contributed by atoms with E-state index in [1.165, 1.54) is 12.8 Å². The quantitative estimate of drug-likeness (QED) is 0.751. The zero-order valence-corrected chi connectivity index (χ0v) is 10.8. The lowest BCUT2D eigenvalue weighted by molar-refractivity contribution is -0.0125. The average Bonchev–Trinajstić information content (AvgIpc) is 2.99. The fourth-order valence-corrected chi connectivity index (χ4v) is 2.83. The van der Waals surface area contributed by atoms with Crippen molar-refractivity contribution >= 4 is 0 Å².